The van der Waals surface area contributed by atoms with Crippen LogP contribution in [0, 0.1) is 5.82 Å². The van der Waals surface area contributed by atoms with Crippen LogP contribution in [0.5, 0.6) is 0 Å². The molecule has 4 nitrogen and oxygen atoms in total. The highest BCUT2D eigenvalue weighted by molar-refractivity contribution is 5.98. The molecule has 0 aliphatic rings. The van der Waals surface area contributed by atoms with Crippen molar-refractivity contribution in [2.24, 2.45) is 0 Å². The van der Waals surface area contributed by atoms with Crippen LogP contribution in [-0.4, -0.2) is 20.2 Å². The zero-order valence-corrected chi connectivity index (χ0v) is 18.1. The first-order chi connectivity index (χ1) is 16.2. The lowest BCUT2D eigenvalue weighted by Gasteiger charge is -2.05. The monoisotopic (exact) mass is 432 g/mol. The standard InChI is InChI=1S/C28H21FN4/c1-2-17-6-3-7-18(14-17)19-12-13-24-23(16-19)27(33-32-24)28-30-25-11-5-10-22(26(25)31-28)20-8-4-9-21(29)15-20/h3-16H,2H2,1H3,(H,30,31)(H,32,33). The van der Waals surface area contributed by atoms with Crippen LogP contribution in [0.15, 0.2) is 84.9 Å². The molecule has 6 aromatic rings. The van der Waals surface area contributed by atoms with Gasteiger partial charge in [0, 0.05) is 10.9 Å². The van der Waals surface area contributed by atoms with Crippen molar-refractivity contribution in [3.05, 3.63) is 96.3 Å². The predicted octanol–water partition coefficient (Wildman–Crippen LogP) is 7.14. The molecule has 2 N–H and O–H groups in total. The minimum absolute atomic E-state index is 0.266. The number of rotatable bonds is 4. The summed E-state index contributed by atoms with van der Waals surface area (Å²) in [4.78, 5) is 8.29. The number of fused-ring (bicyclic) bond motifs is 2. The maximum Gasteiger partial charge on any atom is 0.159 e. The number of imidazole rings is 1. The Bertz CT molecular complexity index is 1630. The lowest BCUT2D eigenvalue weighted by molar-refractivity contribution is 0.628. The maximum atomic E-state index is 13.8. The number of aromatic amines is 2. The fourth-order valence-corrected chi connectivity index (χ4v) is 4.38. The largest absolute Gasteiger partial charge is 0.337 e. The second-order valence-electron chi connectivity index (χ2n) is 8.18. The lowest BCUT2D eigenvalue weighted by Crippen LogP contribution is -1.84. The Labute approximate surface area is 190 Å². The number of aromatic nitrogens is 4. The van der Waals surface area contributed by atoms with Crippen LogP contribution in [0.2, 0.25) is 0 Å². The van der Waals surface area contributed by atoms with E-state index >= 15 is 0 Å². The summed E-state index contributed by atoms with van der Waals surface area (Å²) in [7, 11) is 0. The molecule has 6 rings (SSSR count). The van der Waals surface area contributed by atoms with E-state index in [1.165, 1.54) is 23.3 Å². The molecular formula is C28H21FN4. The summed E-state index contributed by atoms with van der Waals surface area (Å²) in [6.45, 7) is 2.16. The van der Waals surface area contributed by atoms with Crippen molar-refractivity contribution < 1.29 is 4.39 Å². The van der Waals surface area contributed by atoms with Crippen molar-refractivity contribution in [1.82, 2.24) is 20.2 Å². The number of nitrogens with zero attached hydrogens (tertiary/aromatic N) is 2. The number of nitrogens with one attached hydrogen (secondary N) is 2. The Morgan fingerprint density at radius 1 is 0.788 bits per heavy atom. The number of benzene rings is 4. The highest BCUT2D eigenvalue weighted by Gasteiger charge is 2.16. The summed E-state index contributed by atoms with van der Waals surface area (Å²) in [5, 5.41) is 8.69. The van der Waals surface area contributed by atoms with Crippen LogP contribution < -0.4 is 0 Å². The average Bonchev–Trinajstić information content (AvgIpc) is 3.47. The minimum Gasteiger partial charge on any atom is -0.337 e. The zero-order chi connectivity index (χ0) is 22.4. The number of para-hydroxylation sites is 1. The molecule has 2 heterocycles. The van der Waals surface area contributed by atoms with Gasteiger partial charge in [-0.2, -0.15) is 5.10 Å². The third kappa shape index (κ3) is 3.38. The van der Waals surface area contributed by atoms with Gasteiger partial charge in [0.2, 0.25) is 0 Å². The Morgan fingerprint density at radius 3 is 2.48 bits per heavy atom. The molecule has 0 fully saturated rings. The van der Waals surface area contributed by atoms with Gasteiger partial charge < -0.3 is 4.98 Å². The molecule has 4 aromatic carbocycles. The molecule has 0 aliphatic heterocycles. The van der Waals surface area contributed by atoms with Gasteiger partial charge in [0.15, 0.2) is 5.82 Å². The molecule has 2 aromatic heterocycles. The van der Waals surface area contributed by atoms with Gasteiger partial charge >= 0.3 is 0 Å². The van der Waals surface area contributed by atoms with Crippen molar-refractivity contribution in [2.75, 3.05) is 0 Å². The number of H-pyrrole nitrogens is 2. The highest BCUT2D eigenvalue weighted by Crippen LogP contribution is 2.33. The molecule has 0 radical (unpaired) electrons. The van der Waals surface area contributed by atoms with Crippen molar-refractivity contribution >= 4 is 21.9 Å². The van der Waals surface area contributed by atoms with E-state index in [1.54, 1.807) is 6.07 Å². The Kier molecular flexibility index (Phi) is 4.54. The third-order valence-electron chi connectivity index (χ3n) is 6.10. The average molecular weight is 433 g/mol. The van der Waals surface area contributed by atoms with Crippen LogP contribution in [0.1, 0.15) is 12.5 Å². The number of halogens is 1. The maximum absolute atomic E-state index is 13.8. The Balaban J connectivity index is 1.49. The molecule has 0 aliphatic carbocycles. The number of aryl methyl sites for hydroxylation is 1. The van der Waals surface area contributed by atoms with E-state index < -0.39 is 0 Å². The predicted molar refractivity (Wildman–Crippen MR) is 131 cm³/mol. The van der Waals surface area contributed by atoms with Gasteiger partial charge in [0.1, 0.15) is 11.5 Å². The van der Waals surface area contributed by atoms with Gasteiger partial charge in [0.25, 0.3) is 0 Å². The van der Waals surface area contributed by atoms with Crippen LogP contribution in [0.3, 0.4) is 0 Å². The molecule has 0 saturated carbocycles. The van der Waals surface area contributed by atoms with Crippen molar-refractivity contribution in [2.45, 2.75) is 13.3 Å². The van der Waals surface area contributed by atoms with Crippen LogP contribution in [0.25, 0.3) is 55.7 Å². The summed E-state index contributed by atoms with van der Waals surface area (Å²) in [5.74, 6) is 0.415. The first-order valence-corrected chi connectivity index (χ1v) is 11.0. The van der Waals surface area contributed by atoms with E-state index in [0.717, 1.165) is 50.7 Å². The fourth-order valence-electron chi connectivity index (χ4n) is 4.38. The molecule has 5 heteroatoms. The van der Waals surface area contributed by atoms with Gasteiger partial charge in [-0.25, -0.2) is 9.37 Å². The van der Waals surface area contributed by atoms with E-state index in [2.05, 4.69) is 64.6 Å². The quantitative estimate of drug-likeness (QED) is 0.311. The lowest BCUT2D eigenvalue weighted by atomic mass is 10.0. The summed E-state index contributed by atoms with van der Waals surface area (Å²) in [6, 6.07) is 27.4. The summed E-state index contributed by atoms with van der Waals surface area (Å²) in [5.41, 5.74) is 8.69. The molecule has 0 spiro atoms. The van der Waals surface area contributed by atoms with Gasteiger partial charge in [-0.05, 0) is 59.0 Å². The molecule has 33 heavy (non-hydrogen) atoms. The first-order valence-electron chi connectivity index (χ1n) is 11.0. The van der Waals surface area contributed by atoms with E-state index in [-0.39, 0.29) is 5.82 Å². The topological polar surface area (TPSA) is 57.4 Å². The van der Waals surface area contributed by atoms with Gasteiger partial charge in [-0.15, -0.1) is 0 Å². The molecule has 0 unspecified atom stereocenters. The van der Waals surface area contributed by atoms with Crippen molar-refractivity contribution in [3.63, 3.8) is 0 Å². The van der Waals surface area contributed by atoms with E-state index in [0.29, 0.717) is 5.82 Å². The highest BCUT2D eigenvalue weighted by atomic mass is 19.1. The smallest absolute Gasteiger partial charge is 0.159 e. The second kappa shape index (κ2) is 7.71. The molecular weight excluding hydrogens is 411 g/mol. The van der Waals surface area contributed by atoms with E-state index in [9.17, 15) is 4.39 Å². The summed E-state index contributed by atoms with van der Waals surface area (Å²) in [6.07, 6.45) is 1.000. The van der Waals surface area contributed by atoms with Crippen molar-refractivity contribution in [3.8, 4) is 33.8 Å². The van der Waals surface area contributed by atoms with Gasteiger partial charge in [0.05, 0.1) is 16.6 Å². The van der Waals surface area contributed by atoms with Crippen molar-refractivity contribution in [1.29, 1.82) is 0 Å². The molecule has 0 atom stereocenters. The van der Waals surface area contributed by atoms with Crippen LogP contribution >= 0.6 is 0 Å². The minimum atomic E-state index is -0.266. The second-order valence-corrected chi connectivity index (χ2v) is 8.18. The van der Waals surface area contributed by atoms with E-state index in [1.807, 2.05) is 24.3 Å². The molecule has 0 amide bonds. The Hall–Kier alpha value is -4.25. The number of hydrogen-bond acceptors (Lipinski definition) is 2. The molecule has 160 valence electrons. The number of hydrogen-bond donors (Lipinski definition) is 2. The summed E-state index contributed by atoms with van der Waals surface area (Å²) >= 11 is 0. The van der Waals surface area contributed by atoms with Gasteiger partial charge in [-0.1, -0.05) is 61.5 Å². The van der Waals surface area contributed by atoms with E-state index in [4.69, 9.17) is 4.98 Å². The molecule has 0 bridgehead atoms. The van der Waals surface area contributed by atoms with Crippen LogP contribution in [-0.2, 0) is 6.42 Å². The third-order valence-corrected chi connectivity index (χ3v) is 6.10. The Morgan fingerprint density at radius 2 is 1.61 bits per heavy atom. The normalized spacial score (nSPS) is 11.5. The summed E-state index contributed by atoms with van der Waals surface area (Å²) < 4.78 is 13.8. The van der Waals surface area contributed by atoms with Gasteiger partial charge in [-0.3, -0.25) is 5.10 Å². The SMILES string of the molecule is CCc1cccc(-c2ccc3[nH]nc(-c4nc5c(-c6cccc(F)c6)cccc5[nH]4)c3c2)c1. The van der Waals surface area contributed by atoms with Crippen LogP contribution in [0.4, 0.5) is 4.39 Å². The first kappa shape index (κ1) is 19.4. The molecule has 0 saturated heterocycles. The fraction of sp³-hybridized carbons (Fsp3) is 0.0714. The zero-order valence-electron chi connectivity index (χ0n) is 18.1.